The fraction of sp³-hybridized carbons (Fsp3) is 0.128. The molecule has 0 aliphatic heterocycles. The van der Waals surface area contributed by atoms with Gasteiger partial charge in [-0.25, -0.2) is 33.7 Å². The first-order valence-corrected chi connectivity index (χ1v) is 25.8. The molecule has 1 radical (unpaired) electrons. The number of fused-ring (bicyclic) bond motifs is 1. The Bertz CT molecular complexity index is 3970. The molecule has 76 heavy (non-hydrogen) atoms. The van der Waals surface area contributed by atoms with Crippen molar-refractivity contribution >= 4 is 109 Å². The third-order valence-electron chi connectivity index (χ3n) is 9.73. The predicted octanol–water partition coefficient (Wildman–Crippen LogP) is 4.76. The predicted molar refractivity (Wildman–Crippen MR) is 248 cm³/mol. The van der Waals surface area contributed by atoms with Gasteiger partial charge in [-0.3, -0.25) is 0 Å². The van der Waals surface area contributed by atoms with Gasteiger partial charge in [-0.05, 0) is 73.0 Å². The van der Waals surface area contributed by atoms with Crippen LogP contribution in [0.2, 0.25) is 0 Å². The number of methoxy groups -OCH3 is 2. The number of nitrogens with one attached hydrogen (secondary N) is 4. The van der Waals surface area contributed by atoms with Crippen LogP contribution in [0.4, 0.5) is 66.7 Å². The van der Waals surface area contributed by atoms with Crippen LogP contribution in [0, 0.1) is 12.2 Å². The maximum atomic E-state index is 14.8. The van der Waals surface area contributed by atoms with Crippen LogP contribution < -0.4 is 30.7 Å². The summed E-state index contributed by atoms with van der Waals surface area (Å²) in [4.78, 5) is 18.1. The van der Waals surface area contributed by atoms with Gasteiger partial charge in [0, 0.05) is 52.9 Å². The van der Waals surface area contributed by atoms with E-state index in [1.165, 1.54) is 51.5 Å². The number of phenols is 2. The van der Waals surface area contributed by atoms with E-state index in [-0.39, 0.29) is 68.9 Å². The molecule has 30 nitrogen and oxygen atoms in total. The van der Waals surface area contributed by atoms with Gasteiger partial charge in [0.05, 0.1) is 39.5 Å². The number of hydrogen-bond acceptors (Lipinski definition) is 30. The maximum absolute atomic E-state index is 14.8. The van der Waals surface area contributed by atoms with Gasteiger partial charge in [0.2, 0.25) is 23.8 Å². The number of aromatic hydroxyl groups is 2. The van der Waals surface area contributed by atoms with Gasteiger partial charge < -0.3 is 59.2 Å². The number of anilines is 6. The molecule has 0 fully saturated rings. The first-order chi connectivity index (χ1) is 35.1. The zero-order valence-corrected chi connectivity index (χ0v) is 42.2. The monoisotopic (exact) mass is 1180 g/mol. The minimum absolute atomic E-state index is 0. The summed E-state index contributed by atoms with van der Waals surface area (Å²) in [6.07, 6.45) is -2.75. The SMILES string of the molecule is COc1cc(N=Nc2cc(S(=O)(=O)[O-])ccc2O)c(N=Nc2c(S(=O)(=O)[O-])cc3cc(Nc4nc(F)nc(NC(C)CNc5nc(F)nc(Nc6cc(S(=O)(=O)[O-])ccc6S(=O)(=O)[O-])n5)n4)ccc3c2O)cc1OC.[Cu]. The zero-order valence-electron chi connectivity index (χ0n) is 38.0. The van der Waals surface area contributed by atoms with Crippen LogP contribution in [0.1, 0.15) is 6.92 Å². The topological polar surface area (TPSA) is 463 Å². The van der Waals surface area contributed by atoms with Gasteiger partial charge in [-0.1, -0.05) is 0 Å². The standard InChI is InChI=1S/C39H34F2N14O16S4.Cu/c1-17(16-42-36-46-34(40)49-39(50-36)45-26-13-21(73(61,62)63)6-9-30(26)74(64,65)66)43-37-47-35(41)48-38(51-37)44-19-4-7-22-18(10-19)11-31(75(67,68)69)32(33(22)57)55-53-24-15-29(71-3)28(70-2)14-23(24)52-54-25-12-20(72(58,59)60)5-8-27(25)56;/h4-15,17,56-57H,16H2,1-3H3,(H,58,59,60)(H,61,62,63)(H,64,65,66)(H,67,68,69)(H2,42,45,46,49,50)(H2,43,44,47,48,51);/p-4. The molecule has 0 amide bonds. The number of phenolic OH excluding ortho intramolecular Hbond substituents is 2. The molecule has 1 atom stereocenters. The summed E-state index contributed by atoms with van der Waals surface area (Å²) in [5, 5.41) is 47.2. The molecule has 1 unspecified atom stereocenters. The van der Waals surface area contributed by atoms with Crippen molar-refractivity contribution in [1.29, 1.82) is 0 Å². The van der Waals surface area contributed by atoms with E-state index in [0.717, 1.165) is 24.3 Å². The number of ether oxygens (including phenoxy) is 2. The minimum atomic E-state index is -5.46. The zero-order chi connectivity index (χ0) is 54.8. The summed E-state index contributed by atoms with van der Waals surface area (Å²) in [7, 11) is -18.3. The van der Waals surface area contributed by atoms with Gasteiger partial charge in [-0.15, -0.1) is 20.5 Å². The fourth-order valence-corrected chi connectivity index (χ4v) is 8.63. The largest absolute Gasteiger partial charge is 0.744 e. The second-order valence-corrected chi connectivity index (χ2v) is 20.4. The molecular weight excluding hydrogens is 1150 g/mol. The fourth-order valence-electron chi connectivity index (χ4n) is 6.39. The van der Waals surface area contributed by atoms with E-state index in [0.29, 0.717) is 18.2 Å². The van der Waals surface area contributed by atoms with E-state index in [1.54, 1.807) is 0 Å². The molecule has 2 heterocycles. The van der Waals surface area contributed by atoms with Crippen LogP contribution in [0.5, 0.6) is 23.0 Å². The van der Waals surface area contributed by atoms with Crippen molar-refractivity contribution in [2.24, 2.45) is 20.5 Å². The van der Waals surface area contributed by atoms with E-state index < -0.39 is 125 Å². The summed E-state index contributed by atoms with van der Waals surface area (Å²) in [5.74, 6) is -3.42. The molecule has 37 heteroatoms. The number of halogens is 2. The first kappa shape index (κ1) is 57.3. The Labute approximate surface area is 437 Å². The molecule has 7 aromatic rings. The quantitative estimate of drug-likeness (QED) is 0.0361. The number of aromatic nitrogens is 6. The summed E-state index contributed by atoms with van der Waals surface area (Å²) >= 11 is 0. The Hall–Kier alpha value is -8.00. The molecule has 6 N–H and O–H groups in total. The van der Waals surface area contributed by atoms with Crippen molar-refractivity contribution in [3.63, 3.8) is 0 Å². The summed E-state index contributed by atoms with van der Waals surface area (Å²) in [5.41, 5.74) is -2.54. The summed E-state index contributed by atoms with van der Waals surface area (Å²) < 4.78 is 182. The van der Waals surface area contributed by atoms with Crippen molar-refractivity contribution in [3.8, 4) is 23.0 Å². The van der Waals surface area contributed by atoms with Crippen LogP contribution in [-0.4, -0.2) is 119 Å². The third kappa shape index (κ3) is 13.8. The number of azo groups is 2. The van der Waals surface area contributed by atoms with Crippen LogP contribution >= 0.6 is 0 Å². The molecule has 405 valence electrons. The van der Waals surface area contributed by atoms with E-state index in [1.807, 2.05) is 0 Å². The van der Waals surface area contributed by atoms with Crippen molar-refractivity contribution in [2.45, 2.75) is 32.5 Å². The molecule has 2 aromatic heterocycles. The summed E-state index contributed by atoms with van der Waals surface area (Å²) in [6.45, 7) is 1.30. The Balaban J connectivity index is 0.00000937. The molecule has 0 aliphatic carbocycles. The second kappa shape index (κ2) is 22.5. The van der Waals surface area contributed by atoms with Crippen molar-refractivity contribution < 1.29 is 97.4 Å². The minimum Gasteiger partial charge on any atom is -0.744 e. The van der Waals surface area contributed by atoms with E-state index in [4.69, 9.17) is 9.47 Å². The molecule has 0 aliphatic rings. The van der Waals surface area contributed by atoms with Gasteiger partial charge in [-0.2, -0.15) is 38.7 Å². The van der Waals surface area contributed by atoms with Crippen molar-refractivity contribution in [2.75, 3.05) is 42.0 Å². The van der Waals surface area contributed by atoms with Gasteiger partial charge in [0.25, 0.3) is 0 Å². The Morgan fingerprint density at radius 3 is 1.71 bits per heavy atom. The second-order valence-electron chi connectivity index (χ2n) is 14.9. The van der Waals surface area contributed by atoms with Crippen LogP contribution in [0.15, 0.2) is 113 Å². The average Bonchev–Trinajstić information content (AvgIpc) is 3.31. The Kier molecular flexibility index (Phi) is 16.9. The first-order valence-electron chi connectivity index (χ1n) is 20.2. The van der Waals surface area contributed by atoms with Crippen LogP contribution in [-0.2, 0) is 57.5 Å². The van der Waals surface area contributed by atoms with Crippen LogP contribution in [0.3, 0.4) is 0 Å². The number of rotatable bonds is 19. The molecule has 0 saturated carbocycles. The molecular formula is C39H30CuF2N14O16S4-4. The normalized spacial score (nSPS) is 12.6. The van der Waals surface area contributed by atoms with Crippen molar-refractivity contribution in [3.05, 3.63) is 85.0 Å². The molecule has 0 saturated heterocycles. The van der Waals surface area contributed by atoms with Crippen LogP contribution in [0.25, 0.3) is 10.8 Å². The number of nitrogens with zero attached hydrogens (tertiary/aromatic N) is 10. The molecule has 0 spiro atoms. The summed E-state index contributed by atoms with van der Waals surface area (Å²) in [6, 6.07) is 10.3. The van der Waals surface area contributed by atoms with Gasteiger partial charge in [0.15, 0.2) is 17.2 Å². The molecule has 7 rings (SSSR count). The smallest absolute Gasteiger partial charge is 0.315 e. The average molecular weight is 1180 g/mol. The van der Waals surface area contributed by atoms with Gasteiger partial charge >= 0.3 is 12.2 Å². The third-order valence-corrected chi connectivity index (χ3v) is 13.1. The van der Waals surface area contributed by atoms with E-state index in [2.05, 4.69) is 71.6 Å². The van der Waals surface area contributed by atoms with Gasteiger partial charge in [0.1, 0.15) is 69.0 Å². The molecule has 5 aromatic carbocycles. The maximum Gasteiger partial charge on any atom is 0.315 e. The Morgan fingerprint density at radius 2 is 1.12 bits per heavy atom. The van der Waals surface area contributed by atoms with Crippen molar-refractivity contribution in [1.82, 2.24) is 29.9 Å². The Morgan fingerprint density at radius 1 is 0.592 bits per heavy atom. The molecule has 0 bridgehead atoms. The van der Waals surface area contributed by atoms with E-state index in [9.17, 15) is 70.9 Å². The number of hydrogen-bond donors (Lipinski definition) is 6. The number of benzene rings is 5. The van der Waals surface area contributed by atoms with E-state index >= 15 is 0 Å².